The van der Waals surface area contributed by atoms with Crippen molar-refractivity contribution in [3.63, 3.8) is 0 Å². The number of rotatable bonds is 7. The summed E-state index contributed by atoms with van der Waals surface area (Å²) in [5.41, 5.74) is 2.47. The first kappa shape index (κ1) is 24.5. The van der Waals surface area contributed by atoms with Crippen LogP contribution in [-0.2, 0) is 16.6 Å². The molecule has 2 aromatic rings. The number of ether oxygens (including phenoxy) is 4. The van der Waals surface area contributed by atoms with Gasteiger partial charge in [-0.15, -0.1) is 0 Å². The third-order valence-electron chi connectivity index (χ3n) is 12.3. The maximum Gasteiger partial charge on any atom is 0.165 e. The highest BCUT2D eigenvalue weighted by Crippen LogP contribution is 2.80. The van der Waals surface area contributed by atoms with E-state index < -0.39 is 17.1 Å². The molecule has 0 unspecified atom stereocenters. The number of fused-ring (bicyclic) bond motifs is 2. The molecule has 39 heavy (non-hydrogen) atoms. The fourth-order valence-electron chi connectivity index (χ4n) is 10.5. The Morgan fingerprint density at radius 2 is 1.82 bits per heavy atom. The summed E-state index contributed by atoms with van der Waals surface area (Å²) >= 11 is 0. The van der Waals surface area contributed by atoms with Crippen molar-refractivity contribution in [1.82, 2.24) is 4.90 Å². The summed E-state index contributed by atoms with van der Waals surface area (Å²) in [5.74, 6) is 3.41. The van der Waals surface area contributed by atoms with E-state index in [-0.39, 0.29) is 16.9 Å². The first-order valence-corrected chi connectivity index (χ1v) is 14.9. The number of nitrogens with zero attached hydrogens (tertiary/aromatic N) is 1. The highest BCUT2D eigenvalue weighted by atomic mass is 16.6. The van der Waals surface area contributed by atoms with Gasteiger partial charge in [-0.3, -0.25) is 4.90 Å². The number of piperidine rings is 1. The molecule has 2 aromatic carbocycles. The van der Waals surface area contributed by atoms with E-state index in [0.29, 0.717) is 6.04 Å². The van der Waals surface area contributed by atoms with E-state index in [0.717, 1.165) is 67.4 Å². The Bertz CT molecular complexity index is 1320. The van der Waals surface area contributed by atoms with Gasteiger partial charge in [0.1, 0.15) is 17.5 Å². The molecular formula is C33H41NO5. The zero-order valence-electron chi connectivity index (χ0n) is 23.7. The second-order valence-electron chi connectivity index (χ2n) is 13.5. The molecule has 2 aliphatic heterocycles. The molecule has 1 N–H and O–H groups in total. The van der Waals surface area contributed by atoms with Gasteiger partial charge in [-0.1, -0.05) is 25.1 Å². The number of methoxy groups -OCH3 is 3. The van der Waals surface area contributed by atoms with Gasteiger partial charge in [0, 0.05) is 41.5 Å². The molecule has 0 aromatic heterocycles. The van der Waals surface area contributed by atoms with Gasteiger partial charge < -0.3 is 24.1 Å². The van der Waals surface area contributed by atoms with E-state index in [4.69, 9.17) is 18.9 Å². The van der Waals surface area contributed by atoms with Crippen molar-refractivity contribution in [2.45, 2.75) is 81.1 Å². The van der Waals surface area contributed by atoms with Gasteiger partial charge in [-0.05, 0) is 86.7 Å². The van der Waals surface area contributed by atoms with E-state index in [9.17, 15) is 5.11 Å². The summed E-state index contributed by atoms with van der Waals surface area (Å²) in [4.78, 5) is 2.84. The van der Waals surface area contributed by atoms with Crippen LogP contribution in [-0.4, -0.2) is 62.2 Å². The number of aliphatic hydroxyl groups excluding tert-OH is 1. The van der Waals surface area contributed by atoms with Crippen LogP contribution in [0.4, 0.5) is 0 Å². The quantitative estimate of drug-likeness (QED) is 0.540. The van der Waals surface area contributed by atoms with Crippen LogP contribution in [0, 0.1) is 16.7 Å². The first-order chi connectivity index (χ1) is 18.9. The van der Waals surface area contributed by atoms with Crippen molar-refractivity contribution in [3.05, 3.63) is 53.1 Å². The molecular weight excluding hydrogens is 490 g/mol. The van der Waals surface area contributed by atoms with E-state index in [2.05, 4.69) is 24.0 Å². The predicted octanol–water partition coefficient (Wildman–Crippen LogP) is 5.05. The Labute approximate surface area is 231 Å². The minimum Gasteiger partial charge on any atom is -0.497 e. The first-order valence-electron chi connectivity index (χ1n) is 14.9. The maximum atomic E-state index is 12.3. The molecule has 1 saturated heterocycles. The summed E-state index contributed by atoms with van der Waals surface area (Å²) in [6.07, 6.45) is 6.92. The topological polar surface area (TPSA) is 60.4 Å². The lowest BCUT2D eigenvalue weighted by molar-refractivity contribution is -0.324. The van der Waals surface area contributed by atoms with E-state index >= 15 is 0 Å². The SMILES string of the molecule is COc1ccc([C@@H](O)[C@]2(C)C[C@@]34CC[C@]2(OC)[C@@H]2Oc5c(OC)ccc6c5[C@@]23CCN(CC2CC2)[C@@H]4C6)cc1. The van der Waals surface area contributed by atoms with Crippen LogP contribution in [0.25, 0.3) is 0 Å². The smallest absolute Gasteiger partial charge is 0.165 e. The molecule has 0 amide bonds. The summed E-state index contributed by atoms with van der Waals surface area (Å²) in [6.45, 7) is 4.59. The molecule has 7 atom stereocenters. The number of benzene rings is 2. The van der Waals surface area contributed by atoms with Crippen LogP contribution in [0.5, 0.6) is 17.2 Å². The third kappa shape index (κ3) is 2.74. The Morgan fingerprint density at radius 1 is 1.03 bits per heavy atom. The van der Waals surface area contributed by atoms with Crippen LogP contribution >= 0.6 is 0 Å². The zero-order chi connectivity index (χ0) is 26.8. The van der Waals surface area contributed by atoms with Crippen LogP contribution < -0.4 is 14.2 Å². The number of hydrogen-bond donors (Lipinski definition) is 1. The van der Waals surface area contributed by atoms with Crippen LogP contribution in [0.3, 0.4) is 0 Å². The fourth-order valence-corrected chi connectivity index (χ4v) is 10.5. The Morgan fingerprint density at radius 3 is 2.51 bits per heavy atom. The average molecular weight is 532 g/mol. The highest BCUT2D eigenvalue weighted by Gasteiger charge is 2.84. The summed E-state index contributed by atoms with van der Waals surface area (Å²) < 4.78 is 25.2. The van der Waals surface area contributed by atoms with Gasteiger partial charge in [0.05, 0.1) is 20.3 Å². The summed E-state index contributed by atoms with van der Waals surface area (Å²) in [6, 6.07) is 12.8. The normalized spacial score (nSPS) is 40.1. The van der Waals surface area contributed by atoms with E-state index in [1.165, 1.54) is 30.5 Å². The zero-order valence-corrected chi connectivity index (χ0v) is 23.7. The van der Waals surface area contributed by atoms with E-state index in [1.54, 1.807) is 14.2 Å². The largest absolute Gasteiger partial charge is 0.497 e. The van der Waals surface area contributed by atoms with Crippen LogP contribution in [0.15, 0.2) is 36.4 Å². The van der Waals surface area contributed by atoms with E-state index in [1.807, 2.05) is 31.4 Å². The molecule has 4 bridgehead atoms. The molecule has 6 heteroatoms. The second-order valence-corrected chi connectivity index (χ2v) is 13.5. The molecule has 9 rings (SSSR count). The Balaban J connectivity index is 1.34. The summed E-state index contributed by atoms with van der Waals surface area (Å²) in [5, 5.41) is 12.3. The van der Waals surface area contributed by atoms with Crippen LogP contribution in [0.1, 0.15) is 68.2 Å². The standard InChI is InChI=1S/C33H41NO5/c1-30(28(35)21-7-10-23(36-2)11-8-21)19-31-13-14-33(30,38-4)29-32(31)15-16-34(18-20-5-6-20)25(31)17-22-9-12-24(37-3)27(39-29)26(22)32/h7-12,20,25,28-29,35H,5-6,13-19H2,1-4H3/t25-,28-,29-,30+,31-,32+,33+/m1/s1. The van der Waals surface area contributed by atoms with Crippen molar-refractivity contribution < 1.29 is 24.1 Å². The van der Waals surface area contributed by atoms with Gasteiger partial charge in [0.15, 0.2) is 11.5 Å². The maximum absolute atomic E-state index is 12.3. The average Bonchev–Trinajstić information content (AvgIpc) is 3.71. The Hall–Kier alpha value is -2.28. The highest BCUT2D eigenvalue weighted by molar-refractivity contribution is 5.64. The molecule has 6 nitrogen and oxygen atoms in total. The summed E-state index contributed by atoms with van der Waals surface area (Å²) in [7, 11) is 5.28. The molecule has 2 heterocycles. The number of aliphatic hydroxyl groups is 1. The predicted molar refractivity (Wildman–Crippen MR) is 148 cm³/mol. The van der Waals surface area contributed by atoms with Gasteiger partial charge in [-0.25, -0.2) is 0 Å². The van der Waals surface area contributed by atoms with Gasteiger partial charge in [0.25, 0.3) is 0 Å². The number of hydrogen-bond acceptors (Lipinski definition) is 6. The van der Waals surface area contributed by atoms with Crippen LogP contribution in [0.2, 0.25) is 0 Å². The van der Waals surface area contributed by atoms with Crippen molar-refractivity contribution in [1.29, 1.82) is 0 Å². The number of likely N-dealkylation sites (tertiary alicyclic amines) is 1. The molecule has 0 radical (unpaired) electrons. The lowest BCUT2D eigenvalue weighted by Crippen LogP contribution is -2.83. The molecule has 5 aliphatic carbocycles. The van der Waals surface area contributed by atoms with Crippen molar-refractivity contribution in [2.24, 2.45) is 16.7 Å². The van der Waals surface area contributed by atoms with Gasteiger partial charge in [-0.2, -0.15) is 0 Å². The third-order valence-corrected chi connectivity index (χ3v) is 12.3. The van der Waals surface area contributed by atoms with Crippen molar-refractivity contribution >= 4 is 0 Å². The molecule has 5 fully saturated rings. The van der Waals surface area contributed by atoms with Crippen molar-refractivity contribution in [3.8, 4) is 17.2 Å². The van der Waals surface area contributed by atoms with Gasteiger partial charge >= 0.3 is 0 Å². The lowest BCUT2D eigenvalue weighted by Gasteiger charge is -2.76. The minimum atomic E-state index is -0.689. The van der Waals surface area contributed by atoms with Crippen molar-refractivity contribution in [2.75, 3.05) is 34.4 Å². The lowest BCUT2D eigenvalue weighted by atomic mass is 9.31. The minimum absolute atomic E-state index is 0.0118. The van der Waals surface area contributed by atoms with Gasteiger partial charge in [0.2, 0.25) is 0 Å². The fraction of sp³-hybridized carbons (Fsp3) is 0.636. The molecule has 2 spiro atoms. The molecule has 7 aliphatic rings. The molecule has 4 saturated carbocycles. The second kappa shape index (κ2) is 7.92. The monoisotopic (exact) mass is 531 g/mol. The Kier molecular flexibility index (Phi) is 4.98. The molecule has 208 valence electrons.